The predicted octanol–water partition coefficient (Wildman–Crippen LogP) is 4.40. The van der Waals surface area contributed by atoms with Gasteiger partial charge in [-0.25, -0.2) is 0 Å². The zero-order valence-corrected chi connectivity index (χ0v) is 12.8. The minimum absolute atomic E-state index is 0.0631. The topological polar surface area (TPSA) is 79.0 Å². The van der Waals surface area contributed by atoms with E-state index in [1.54, 1.807) is 30.3 Å². The molecule has 0 aliphatic rings. The lowest BCUT2D eigenvalue weighted by molar-refractivity contribution is -0.385. The highest BCUT2D eigenvalue weighted by atomic mass is 79.9. The number of nitro benzene ring substituents is 1. The van der Waals surface area contributed by atoms with Crippen LogP contribution in [0.2, 0.25) is 0 Å². The summed E-state index contributed by atoms with van der Waals surface area (Å²) in [5.41, 5.74) is 1.77. The average molecular weight is 346 g/mol. The van der Waals surface area contributed by atoms with E-state index in [0.717, 1.165) is 4.47 Å². The first-order chi connectivity index (χ1) is 10.0. The third kappa shape index (κ3) is 3.38. The van der Waals surface area contributed by atoms with Crippen LogP contribution in [0.3, 0.4) is 0 Å². The van der Waals surface area contributed by atoms with Crippen molar-refractivity contribution in [1.29, 1.82) is 5.26 Å². The summed E-state index contributed by atoms with van der Waals surface area (Å²) in [6, 6.07) is 13.7. The molecule has 1 N–H and O–H groups in total. The zero-order valence-electron chi connectivity index (χ0n) is 11.2. The maximum absolute atomic E-state index is 11.1. The molecule has 1 atom stereocenters. The quantitative estimate of drug-likeness (QED) is 0.657. The van der Waals surface area contributed by atoms with Gasteiger partial charge in [0.1, 0.15) is 6.07 Å². The van der Waals surface area contributed by atoms with E-state index in [-0.39, 0.29) is 11.7 Å². The molecule has 0 spiro atoms. The van der Waals surface area contributed by atoms with Gasteiger partial charge in [0.15, 0.2) is 0 Å². The molecule has 1 unspecified atom stereocenters. The Hall–Kier alpha value is -2.39. The molecule has 0 aliphatic heterocycles. The van der Waals surface area contributed by atoms with Crippen molar-refractivity contribution in [3.05, 3.63) is 68.2 Å². The van der Waals surface area contributed by atoms with E-state index in [1.807, 2.05) is 13.0 Å². The minimum atomic E-state index is -0.402. The number of halogens is 1. The fourth-order valence-electron chi connectivity index (χ4n) is 2.07. The van der Waals surface area contributed by atoms with Crippen molar-refractivity contribution in [2.45, 2.75) is 13.0 Å². The molecule has 0 amide bonds. The monoisotopic (exact) mass is 345 g/mol. The molecule has 2 aromatic rings. The van der Waals surface area contributed by atoms with Crippen LogP contribution in [0.1, 0.15) is 24.1 Å². The summed E-state index contributed by atoms with van der Waals surface area (Å²) in [6.07, 6.45) is 0. The molecule has 2 rings (SSSR count). The molecular weight excluding hydrogens is 334 g/mol. The SMILES string of the molecule is CC(Nc1ccc(Br)cc1C#N)c1ccccc1[N+](=O)[O-]. The highest BCUT2D eigenvalue weighted by Crippen LogP contribution is 2.29. The van der Waals surface area contributed by atoms with Crippen molar-refractivity contribution >= 4 is 27.3 Å². The maximum atomic E-state index is 11.1. The highest BCUT2D eigenvalue weighted by molar-refractivity contribution is 9.10. The fourth-order valence-corrected chi connectivity index (χ4v) is 2.43. The normalized spacial score (nSPS) is 11.5. The fraction of sp³-hybridized carbons (Fsp3) is 0.133. The number of hydrogen-bond acceptors (Lipinski definition) is 4. The van der Waals surface area contributed by atoms with Crippen LogP contribution in [0.15, 0.2) is 46.9 Å². The average Bonchev–Trinajstić information content (AvgIpc) is 2.48. The van der Waals surface area contributed by atoms with Crippen LogP contribution in [0.5, 0.6) is 0 Å². The van der Waals surface area contributed by atoms with Crippen molar-refractivity contribution in [3.8, 4) is 6.07 Å². The molecular formula is C15H12BrN3O2. The van der Waals surface area contributed by atoms with Crippen molar-refractivity contribution in [2.24, 2.45) is 0 Å². The molecule has 106 valence electrons. The molecule has 6 heteroatoms. The van der Waals surface area contributed by atoms with E-state index >= 15 is 0 Å². The number of anilines is 1. The summed E-state index contributed by atoms with van der Waals surface area (Å²) >= 11 is 3.31. The summed E-state index contributed by atoms with van der Waals surface area (Å²) in [5, 5.41) is 23.4. The lowest BCUT2D eigenvalue weighted by Crippen LogP contribution is -2.10. The number of nitriles is 1. The molecule has 0 aromatic heterocycles. The smallest absolute Gasteiger partial charge is 0.274 e. The van der Waals surface area contributed by atoms with Crippen molar-refractivity contribution < 1.29 is 4.92 Å². The van der Waals surface area contributed by atoms with E-state index in [4.69, 9.17) is 5.26 Å². The molecule has 0 saturated heterocycles. The number of nitrogens with zero attached hydrogens (tertiary/aromatic N) is 2. The largest absolute Gasteiger partial charge is 0.377 e. The van der Waals surface area contributed by atoms with Gasteiger partial charge in [0, 0.05) is 10.5 Å². The second-order valence-electron chi connectivity index (χ2n) is 4.48. The lowest BCUT2D eigenvalue weighted by Gasteiger charge is -2.16. The summed E-state index contributed by atoms with van der Waals surface area (Å²) in [5.74, 6) is 0. The Morgan fingerprint density at radius 2 is 2.05 bits per heavy atom. The molecule has 0 radical (unpaired) electrons. The number of hydrogen-bond donors (Lipinski definition) is 1. The third-order valence-corrected chi connectivity index (χ3v) is 3.57. The number of nitro groups is 1. The van der Waals surface area contributed by atoms with Crippen LogP contribution in [-0.2, 0) is 0 Å². The Bertz CT molecular complexity index is 725. The highest BCUT2D eigenvalue weighted by Gasteiger charge is 2.18. The second kappa shape index (κ2) is 6.37. The molecule has 2 aromatic carbocycles. The van der Waals surface area contributed by atoms with Crippen LogP contribution in [0.25, 0.3) is 0 Å². The zero-order chi connectivity index (χ0) is 15.4. The first-order valence-electron chi connectivity index (χ1n) is 6.22. The van der Waals surface area contributed by atoms with Crippen molar-refractivity contribution in [1.82, 2.24) is 0 Å². The molecule has 21 heavy (non-hydrogen) atoms. The van der Waals surface area contributed by atoms with Gasteiger partial charge in [-0.3, -0.25) is 10.1 Å². The van der Waals surface area contributed by atoms with E-state index in [9.17, 15) is 10.1 Å². The molecule has 0 heterocycles. The van der Waals surface area contributed by atoms with E-state index in [0.29, 0.717) is 16.8 Å². The Kier molecular flexibility index (Phi) is 4.55. The maximum Gasteiger partial charge on any atom is 0.274 e. The molecule has 0 saturated carbocycles. The Balaban J connectivity index is 2.33. The van der Waals surface area contributed by atoms with Crippen LogP contribution in [0, 0.1) is 21.4 Å². The van der Waals surface area contributed by atoms with Crippen LogP contribution in [0.4, 0.5) is 11.4 Å². The summed E-state index contributed by atoms with van der Waals surface area (Å²) in [4.78, 5) is 10.7. The number of rotatable bonds is 4. The number of para-hydroxylation sites is 1. The van der Waals surface area contributed by atoms with Gasteiger partial charge in [0.25, 0.3) is 5.69 Å². The summed E-state index contributed by atoms with van der Waals surface area (Å²) in [7, 11) is 0. The van der Waals surface area contributed by atoms with E-state index in [2.05, 4.69) is 27.3 Å². The minimum Gasteiger partial charge on any atom is -0.377 e. The van der Waals surface area contributed by atoms with Gasteiger partial charge >= 0.3 is 0 Å². The molecule has 0 aliphatic carbocycles. The Morgan fingerprint density at radius 1 is 1.33 bits per heavy atom. The van der Waals surface area contributed by atoms with Gasteiger partial charge in [-0.05, 0) is 25.1 Å². The Morgan fingerprint density at radius 3 is 2.71 bits per heavy atom. The molecule has 0 bridgehead atoms. The number of benzene rings is 2. The standard InChI is InChI=1S/C15H12BrN3O2/c1-10(13-4-2-3-5-15(13)19(20)21)18-14-7-6-12(16)8-11(14)9-17/h2-8,10,18H,1H3. The lowest BCUT2D eigenvalue weighted by atomic mass is 10.1. The Labute approximate surface area is 130 Å². The first-order valence-corrected chi connectivity index (χ1v) is 7.01. The molecule has 5 nitrogen and oxygen atoms in total. The van der Waals surface area contributed by atoms with Gasteiger partial charge in [-0.1, -0.05) is 34.1 Å². The van der Waals surface area contributed by atoms with E-state index < -0.39 is 4.92 Å². The van der Waals surface area contributed by atoms with Crippen LogP contribution >= 0.6 is 15.9 Å². The van der Waals surface area contributed by atoms with Crippen LogP contribution in [-0.4, -0.2) is 4.92 Å². The summed E-state index contributed by atoms with van der Waals surface area (Å²) in [6.45, 7) is 1.82. The molecule has 0 fully saturated rings. The second-order valence-corrected chi connectivity index (χ2v) is 5.40. The van der Waals surface area contributed by atoms with Gasteiger partial charge < -0.3 is 5.32 Å². The third-order valence-electron chi connectivity index (χ3n) is 3.07. The van der Waals surface area contributed by atoms with Gasteiger partial charge in [0.05, 0.1) is 27.8 Å². The van der Waals surface area contributed by atoms with Crippen molar-refractivity contribution in [2.75, 3.05) is 5.32 Å². The first kappa shape index (κ1) is 15.0. The van der Waals surface area contributed by atoms with Crippen molar-refractivity contribution in [3.63, 3.8) is 0 Å². The number of nitrogens with one attached hydrogen (secondary N) is 1. The van der Waals surface area contributed by atoms with E-state index in [1.165, 1.54) is 6.07 Å². The van der Waals surface area contributed by atoms with Gasteiger partial charge in [0.2, 0.25) is 0 Å². The predicted molar refractivity (Wildman–Crippen MR) is 84.0 cm³/mol. The van der Waals surface area contributed by atoms with Crippen LogP contribution < -0.4 is 5.32 Å². The van der Waals surface area contributed by atoms with Gasteiger partial charge in [-0.2, -0.15) is 5.26 Å². The van der Waals surface area contributed by atoms with Gasteiger partial charge in [-0.15, -0.1) is 0 Å². The summed E-state index contributed by atoms with van der Waals surface area (Å²) < 4.78 is 0.808.